The summed E-state index contributed by atoms with van der Waals surface area (Å²) >= 11 is 0. The van der Waals surface area contributed by atoms with E-state index in [1.807, 2.05) is 13.8 Å². The number of aliphatic carboxylic acids is 1. The quantitative estimate of drug-likeness (QED) is 0.723. The first-order valence-corrected chi connectivity index (χ1v) is 7.30. The van der Waals surface area contributed by atoms with E-state index in [2.05, 4.69) is 5.32 Å². The molecule has 1 fully saturated rings. The standard InChI is InChI=1S/C10H19NO4S/c1-7(2)9(10(12)13)11-5-8-3-4-16(14,15)6-8/h7-9,11H,3-6H2,1-2H3,(H,12,13). The Hall–Kier alpha value is -0.620. The summed E-state index contributed by atoms with van der Waals surface area (Å²) in [5, 5.41) is 11.9. The van der Waals surface area contributed by atoms with Crippen LogP contribution >= 0.6 is 0 Å². The van der Waals surface area contributed by atoms with Gasteiger partial charge >= 0.3 is 5.97 Å². The van der Waals surface area contributed by atoms with Crippen LogP contribution in [-0.2, 0) is 14.6 Å². The minimum atomic E-state index is -2.87. The summed E-state index contributed by atoms with van der Waals surface area (Å²) in [7, 11) is -2.87. The molecule has 2 N–H and O–H groups in total. The Morgan fingerprint density at radius 2 is 2.12 bits per heavy atom. The van der Waals surface area contributed by atoms with Gasteiger partial charge in [0.15, 0.2) is 9.84 Å². The number of carboxylic acids is 1. The van der Waals surface area contributed by atoms with Crippen molar-refractivity contribution in [2.24, 2.45) is 11.8 Å². The maximum atomic E-state index is 11.2. The molecule has 0 radical (unpaired) electrons. The fourth-order valence-corrected chi connectivity index (χ4v) is 3.80. The number of sulfone groups is 1. The summed E-state index contributed by atoms with van der Waals surface area (Å²) in [5.41, 5.74) is 0. The number of rotatable bonds is 5. The lowest BCUT2D eigenvalue weighted by Crippen LogP contribution is -2.43. The van der Waals surface area contributed by atoms with Crippen LogP contribution in [0.2, 0.25) is 0 Å². The Kier molecular flexibility index (Phi) is 4.32. The molecule has 2 unspecified atom stereocenters. The highest BCUT2D eigenvalue weighted by Gasteiger charge is 2.29. The predicted molar refractivity (Wildman–Crippen MR) is 61.0 cm³/mol. The Labute approximate surface area is 96.1 Å². The van der Waals surface area contributed by atoms with E-state index in [1.54, 1.807) is 0 Å². The molecule has 2 atom stereocenters. The molecule has 0 aromatic carbocycles. The maximum Gasteiger partial charge on any atom is 0.320 e. The van der Waals surface area contributed by atoms with Crippen LogP contribution in [0.15, 0.2) is 0 Å². The van der Waals surface area contributed by atoms with Gasteiger partial charge in [-0.25, -0.2) is 8.42 Å². The van der Waals surface area contributed by atoms with Crippen molar-refractivity contribution in [3.63, 3.8) is 0 Å². The van der Waals surface area contributed by atoms with Crippen molar-refractivity contribution in [1.82, 2.24) is 5.32 Å². The van der Waals surface area contributed by atoms with Crippen LogP contribution < -0.4 is 5.32 Å². The SMILES string of the molecule is CC(C)C(NCC1CCS(=O)(=O)C1)C(=O)O. The van der Waals surface area contributed by atoms with Gasteiger partial charge in [0.2, 0.25) is 0 Å². The molecular formula is C10H19NO4S. The average molecular weight is 249 g/mol. The largest absolute Gasteiger partial charge is 0.480 e. The smallest absolute Gasteiger partial charge is 0.320 e. The van der Waals surface area contributed by atoms with Crippen LogP contribution in [0.4, 0.5) is 0 Å². The molecule has 1 saturated heterocycles. The van der Waals surface area contributed by atoms with Crippen LogP contribution in [0.3, 0.4) is 0 Å². The first-order valence-electron chi connectivity index (χ1n) is 5.48. The number of carbonyl (C=O) groups is 1. The molecule has 0 bridgehead atoms. The van der Waals surface area contributed by atoms with Gasteiger partial charge in [0.1, 0.15) is 6.04 Å². The lowest BCUT2D eigenvalue weighted by Gasteiger charge is -2.19. The van der Waals surface area contributed by atoms with Crippen LogP contribution in [0.5, 0.6) is 0 Å². The van der Waals surface area contributed by atoms with E-state index in [4.69, 9.17) is 5.11 Å². The van der Waals surface area contributed by atoms with Gasteiger partial charge in [0.05, 0.1) is 11.5 Å². The van der Waals surface area contributed by atoms with Gasteiger partial charge in [0, 0.05) is 0 Å². The van der Waals surface area contributed by atoms with Gasteiger partial charge in [-0.2, -0.15) is 0 Å². The third-order valence-corrected chi connectivity index (χ3v) is 4.72. The van der Waals surface area contributed by atoms with Crippen LogP contribution in [0, 0.1) is 11.8 Å². The third kappa shape index (κ3) is 3.75. The molecular weight excluding hydrogens is 230 g/mol. The number of carboxylic acid groups (broad SMARTS) is 1. The van der Waals surface area contributed by atoms with Gasteiger partial charge in [-0.15, -0.1) is 0 Å². The van der Waals surface area contributed by atoms with Crippen molar-refractivity contribution >= 4 is 15.8 Å². The molecule has 1 aliphatic heterocycles. The van der Waals surface area contributed by atoms with Crippen molar-refractivity contribution in [2.75, 3.05) is 18.1 Å². The van der Waals surface area contributed by atoms with Gasteiger partial charge in [-0.1, -0.05) is 13.8 Å². The highest BCUT2D eigenvalue weighted by molar-refractivity contribution is 7.91. The zero-order valence-corrected chi connectivity index (χ0v) is 10.5. The molecule has 94 valence electrons. The van der Waals surface area contributed by atoms with E-state index < -0.39 is 21.8 Å². The molecule has 1 heterocycles. The Balaban J connectivity index is 2.42. The summed E-state index contributed by atoms with van der Waals surface area (Å²) < 4.78 is 22.4. The first kappa shape index (κ1) is 13.4. The minimum absolute atomic E-state index is 0.00416. The maximum absolute atomic E-state index is 11.2. The van der Waals surface area contributed by atoms with Crippen molar-refractivity contribution in [2.45, 2.75) is 26.3 Å². The molecule has 0 amide bonds. The zero-order valence-electron chi connectivity index (χ0n) is 9.64. The molecule has 1 aliphatic rings. The molecule has 1 rings (SSSR count). The van der Waals surface area contributed by atoms with Crippen LogP contribution in [0.1, 0.15) is 20.3 Å². The summed E-state index contributed by atoms with van der Waals surface area (Å²) in [6, 6.07) is -0.594. The topological polar surface area (TPSA) is 83.5 Å². The van der Waals surface area contributed by atoms with E-state index in [9.17, 15) is 13.2 Å². The average Bonchev–Trinajstić information content (AvgIpc) is 2.44. The molecule has 5 nitrogen and oxygen atoms in total. The number of nitrogens with one attached hydrogen (secondary N) is 1. The highest BCUT2D eigenvalue weighted by Crippen LogP contribution is 2.17. The second-order valence-electron chi connectivity index (χ2n) is 4.74. The normalized spacial score (nSPS) is 25.8. The van der Waals surface area contributed by atoms with Gasteiger partial charge in [-0.3, -0.25) is 4.79 Å². The molecule has 0 spiro atoms. The lowest BCUT2D eigenvalue weighted by atomic mass is 10.0. The van der Waals surface area contributed by atoms with Crippen molar-refractivity contribution < 1.29 is 18.3 Å². The molecule has 0 aromatic heterocycles. The first-order chi connectivity index (χ1) is 7.32. The van der Waals surface area contributed by atoms with E-state index in [-0.39, 0.29) is 23.3 Å². The molecule has 0 saturated carbocycles. The second-order valence-corrected chi connectivity index (χ2v) is 6.97. The van der Waals surface area contributed by atoms with E-state index in [0.717, 1.165) is 0 Å². The zero-order chi connectivity index (χ0) is 12.3. The van der Waals surface area contributed by atoms with Crippen LogP contribution in [-0.4, -0.2) is 43.6 Å². The summed E-state index contributed by atoms with van der Waals surface area (Å²) in [6.45, 7) is 4.13. The van der Waals surface area contributed by atoms with Crippen molar-refractivity contribution in [1.29, 1.82) is 0 Å². The Morgan fingerprint density at radius 1 is 1.50 bits per heavy atom. The van der Waals surface area contributed by atoms with Crippen LogP contribution in [0.25, 0.3) is 0 Å². The highest BCUT2D eigenvalue weighted by atomic mass is 32.2. The van der Waals surface area contributed by atoms with Gasteiger partial charge < -0.3 is 10.4 Å². The van der Waals surface area contributed by atoms with Crippen molar-refractivity contribution in [3.8, 4) is 0 Å². The molecule has 0 aromatic rings. The van der Waals surface area contributed by atoms with E-state index >= 15 is 0 Å². The fraction of sp³-hybridized carbons (Fsp3) is 0.900. The number of hydrogen-bond acceptors (Lipinski definition) is 4. The van der Waals surface area contributed by atoms with E-state index in [1.165, 1.54) is 0 Å². The second kappa shape index (κ2) is 5.14. The van der Waals surface area contributed by atoms with Crippen molar-refractivity contribution in [3.05, 3.63) is 0 Å². The summed E-state index contributed by atoms with van der Waals surface area (Å²) in [6.07, 6.45) is 0.639. The molecule has 16 heavy (non-hydrogen) atoms. The van der Waals surface area contributed by atoms with Gasteiger partial charge in [0.25, 0.3) is 0 Å². The summed E-state index contributed by atoms with van der Waals surface area (Å²) in [5.74, 6) is -0.402. The fourth-order valence-electron chi connectivity index (χ4n) is 1.93. The molecule has 6 heteroatoms. The predicted octanol–water partition coefficient (Wildman–Crippen LogP) is 0.120. The number of hydrogen-bond donors (Lipinski definition) is 2. The molecule has 0 aliphatic carbocycles. The van der Waals surface area contributed by atoms with E-state index in [0.29, 0.717) is 13.0 Å². The Bertz CT molecular complexity index is 350. The Morgan fingerprint density at radius 3 is 2.50 bits per heavy atom. The van der Waals surface area contributed by atoms with Gasteiger partial charge in [-0.05, 0) is 24.8 Å². The summed E-state index contributed by atoms with van der Waals surface area (Å²) in [4.78, 5) is 10.9. The minimum Gasteiger partial charge on any atom is -0.480 e. The third-order valence-electron chi connectivity index (χ3n) is 2.89. The lowest BCUT2D eigenvalue weighted by molar-refractivity contribution is -0.140. The monoisotopic (exact) mass is 249 g/mol.